The molecule has 0 aliphatic heterocycles. The number of alkyl halides is 1. The topological polar surface area (TPSA) is 65.1 Å². The second-order valence-corrected chi connectivity index (χ2v) is 4.78. The number of carbonyl (C=O) groups is 1. The Hall–Kier alpha value is -0.490. The molecule has 0 rings (SSSR count). The first kappa shape index (κ1) is 15.5. The molecular weight excluding hydrogens is 240 g/mol. The molecule has 0 bridgehead atoms. The average Bonchev–Trinajstić information content (AvgIpc) is 2.26. The maximum atomic E-state index is 13.7. The van der Waals surface area contributed by atoms with Crippen molar-refractivity contribution in [1.29, 1.82) is 0 Å². The normalized spacial score (nSPS) is 13.6. The van der Waals surface area contributed by atoms with E-state index in [1.54, 1.807) is 0 Å². The molecule has 1 atom stereocenters. The third-order valence-electron chi connectivity index (χ3n) is 1.68. The minimum Gasteiger partial charge on any atom is -0.306 e. The summed E-state index contributed by atoms with van der Waals surface area (Å²) in [5.41, 5.74) is 0. The lowest BCUT2D eigenvalue weighted by molar-refractivity contribution is -0.171. The second kappa shape index (κ2) is 6.96. The van der Waals surface area contributed by atoms with E-state index in [4.69, 9.17) is 9.05 Å². The molecule has 1 unspecified atom stereocenters. The highest BCUT2D eigenvalue weighted by Gasteiger charge is 2.43. The van der Waals surface area contributed by atoms with Gasteiger partial charge in [0.05, 0.1) is 20.3 Å². The quantitative estimate of drug-likeness (QED) is 0.511. The number of hydroxylamine groups is 2. The summed E-state index contributed by atoms with van der Waals surface area (Å²) < 4.78 is 34.9. The number of nitrogens with zero attached hydrogens (tertiary/aromatic N) is 1. The monoisotopic (exact) mass is 257 g/mol. The molecule has 96 valence electrons. The molecule has 0 aliphatic carbocycles. The first-order valence-corrected chi connectivity index (χ1v) is 6.38. The number of amides is 1. The Bertz CT molecular complexity index is 265. The predicted octanol–water partition coefficient (Wildman–Crippen LogP) is 1.57. The fourth-order valence-corrected chi connectivity index (χ4v) is 2.39. The van der Waals surface area contributed by atoms with Crippen LogP contribution in [-0.4, -0.2) is 44.3 Å². The Morgan fingerprint density at radius 1 is 1.38 bits per heavy atom. The summed E-state index contributed by atoms with van der Waals surface area (Å²) in [6, 6.07) is 0. The van der Waals surface area contributed by atoms with E-state index in [0.717, 1.165) is 0 Å². The summed E-state index contributed by atoms with van der Waals surface area (Å²) in [6.45, 7) is 3.04. The first-order chi connectivity index (χ1) is 7.42. The Labute approximate surface area is 94.1 Å². The largest absolute Gasteiger partial charge is 0.374 e. The van der Waals surface area contributed by atoms with E-state index in [-0.39, 0.29) is 13.2 Å². The number of halogens is 1. The van der Waals surface area contributed by atoms with E-state index in [0.29, 0.717) is 5.06 Å². The van der Waals surface area contributed by atoms with Crippen LogP contribution in [0.4, 0.5) is 4.39 Å². The Morgan fingerprint density at radius 2 is 1.81 bits per heavy atom. The van der Waals surface area contributed by atoms with E-state index in [1.165, 1.54) is 28.0 Å². The van der Waals surface area contributed by atoms with Gasteiger partial charge in [-0.25, -0.2) is 9.45 Å². The lowest BCUT2D eigenvalue weighted by Gasteiger charge is -2.22. The molecular formula is C8H17FNO5P. The summed E-state index contributed by atoms with van der Waals surface area (Å²) in [6.07, 6.45) is 0. The molecule has 0 fully saturated rings. The van der Waals surface area contributed by atoms with Crippen LogP contribution in [0.5, 0.6) is 0 Å². The smallest absolute Gasteiger partial charge is 0.306 e. The minimum atomic E-state index is -4.07. The standard InChI is InChI=1S/C8H17FNO5P/c1-5-14-16(12,15-6-2)7(9)8(11)10(3)13-4/h7H,5-6H2,1-4H3. The van der Waals surface area contributed by atoms with Crippen molar-refractivity contribution in [2.75, 3.05) is 27.4 Å². The van der Waals surface area contributed by atoms with Crippen LogP contribution in [0.3, 0.4) is 0 Å². The van der Waals surface area contributed by atoms with E-state index in [1.807, 2.05) is 0 Å². The van der Waals surface area contributed by atoms with Crippen molar-refractivity contribution < 1.29 is 27.6 Å². The summed E-state index contributed by atoms with van der Waals surface area (Å²) in [5.74, 6) is -3.48. The number of rotatable bonds is 7. The van der Waals surface area contributed by atoms with E-state index >= 15 is 0 Å². The molecule has 0 saturated heterocycles. The zero-order valence-electron chi connectivity index (χ0n) is 9.81. The van der Waals surface area contributed by atoms with Crippen LogP contribution in [-0.2, 0) is 23.2 Å². The van der Waals surface area contributed by atoms with Gasteiger partial charge in [0.25, 0.3) is 11.8 Å². The average molecular weight is 257 g/mol. The molecule has 0 N–H and O–H groups in total. The fourth-order valence-electron chi connectivity index (χ4n) is 0.903. The molecule has 0 aliphatic rings. The van der Waals surface area contributed by atoms with Gasteiger partial charge in [0, 0.05) is 7.05 Å². The third kappa shape index (κ3) is 3.83. The lowest BCUT2D eigenvalue weighted by atomic mass is 10.7. The van der Waals surface area contributed by atoms with Crippen LogP contribution in [0.25, 0.3) is 0 Å². The van der Waals surface area contributed by atoms with Crippen molar-refractivity contribution >= 4 is 13.5 Å². The molecule has 0 aromatic heterocycles. The second-order valence-electron chi connectivity index (χ2n) is 2.73. The molecule has 0 radical (unpaired) electrons. The van der Waals surface area contributed by atoms with E-state index < -0.39 is 19.4 Å². The van der Waals surface area contributed by atoms with Crippen LogP contribution in [0.1, 0.15) is 13.8 Å². The zero-order chi connectivity index (χ0) is 12.8. The number of carbonyl (C=O) groups excluding carboxylic acids is 1. The molecule has 0 heterocycles. The van der Waals surface area contributed by atoms with Gasteiger partial charge in [0.2, 0.25) is 0 Å². The van der Waals surface area contributed by atoms with Crippen LogP contribution < -0.4 is 0 Å². The molecule has 0 spiro atoms. The summed E-state index contributed by atoms with van der Waals surface area (Å²) in [4.78, 5) is 15.9. The number of hydrogen-bond donors (Lipinski definition) is 0. The maximum Gasteiger partial charge on any atom is 0.374 e. The van der Waals surface area contributed by atoms with Crippen molar-refractivity contribution in [2.24, 2.45) is 0 Å². The maximum absolute atomic E-state index is 13.7. The van der Waals surface area contributed by atoms with Crippen LogP contribution in [0, 0.1) is 0 Å². The van der Waals surface area contributed by atoms with Gasteiger partial charge < -0.3 is 9.05 Å². The molecule has 0 aromatic carbocycles. The minimum absolute atomic E-state index is 0.0122. The summed E-state index contributed by atoms with van der Waals surface area (Å²) >= 11 is 0. The van der Waals surface area contributed by atoms with Gasteiger partial charge in [-0.3, -0.25) is 14.2 Å². The summed E-state index contributed by atoms with van der Waals surface area (Å²) in [5, 5.41) is 0.634. The molecule has 0 aromatic rings. The van der Waals surface area contributed by atoms with Crippen LogP contribution >= 0.6 is 7.60 Å². The van der Waals surface area contributed by atoms with Gasteiger partial charge in [0.15, 0.2) is 0 Å². The van der Waals surface area contributed by atoms with Crippen LogP contribution in [0.15, 0.2) is 0 Å². The van der Waals surface area contributed by atoms with Gasteiger partial charge in [0.1, 0.15) is 0 Å². The van der Waals surface area contributed by atoms with Gasteiger partial charge in [-0.15, -0.1) is 0 Å². The fraction of sp³-hybridized carbons (Fsp3) is 0.875. The van der Waals surface area contributed by atoms with Crippen molar-refractivity contribution in [3.63, 3.8) is 0 Å². The highest BCUT2D eigenvalue weighted by Crippen LogP contribution is 2.54. The molecule has 6 nitrogen and oxygen atoms in total. The molecule has 0 saturated carbocycles. The first-order valence-electron chi connectivity index (χ1n) is 4.77. The third-order valence-corrected chi connectivity index (χ3v) is 3.70. The zero-order valence-corrected chi connectivity index (χ0v) is 10.7. The van der Waals surface area contributed by atoms with E-state index in [2.05, 4.69) is 4.84 Å². The molecule has 8 heteroatoms. The van der Waals surface area contributed by atoms with Gasteiger partial charge in [-0.1, -0.05) is 0 Å². The predicted molar refractivity (Wildman–Crippen MR) is 55.5 cm³/mol. The van der Waals surface area contributed by atoms with Gasteiger partial charge in [-0.05, 0) is 13.8 Å². The van der Waals surface area contributed by atoms with Gasteiger partial charge >= 0.3 is 7.60 Å². The van der Waals surface area contributed by atoms with Crippen molar-refractivity contribution in [3.8, 4) is 0 Å². The SMILES string of the molecule is CCOP(=O)(OCC)C(F)C(=O)N(C)OC. The van der Waals surface area contributed by atoms with Gasteiger partial charge in [-0.2, -0.15) is 0 Å². The Balaban J connectivity index is 4.80. The number of hydrogen-bond acceptors (Lipinski definition) is 5. The summed E-state index contributed by atoms with van der Waals surface area (Å²) in [7, 11) is -1.67. The van der Waals surface area contributed by atoms with E-state index in [9.17, 15) is 13.8 Å². The van der Waals surface area contributed by atoms with Crippen molar-refractivity contribution in [2.45, 2.75) is 19.8 Å². The van der Waals surface area contributed by atoms with Crippen molar-refractivity contribution in [1.82, 2.24) is 5.06 Å². The molecule has 1 amide bonds. The molecule has 16 heavy (non-hydrogen) atoms. The highest BCUT2D eigenvalue weighted by atomic mass is 31.2. The Kier molecular flexibility index (Phi) is 6.74. The lowest BCUT2D eigenvalue weighted by Crippen LogP contribution is -2.34. The highest BCUT2D eigenvalue weighted by molar-refractivity contribution is 7.55. The Morgan fingerprint density at radius 3 is 2.12 bits per heavy atom. The van der Waals surface area contributed by atoms with Crippen molar-refractivity contribution in [3.05, 3.63) is 0 Å². The van der Waals surface area contributed by atoms with Crippen LogP contribution in [0.2, 0.25) is 0 Å².